The van der Waals surface area contributed by atoms with E-state index in [1.165, 1.54) is 0 Å². The van der Waals surface area contributed by atoms with Gasteiger partial charge in [0.25, 0.3) is 0 Å². The zero-order chi connectivity index (χ0) is 16.2. The van der Waals surface area contributed by atoms with Crippen LogP contribution in [0.1, 0.15) is 24.3 Å². The molecular weight excluding hydrogens is 332 g/mol. The smallest absolute Gasteiger partial charge is 0.160 e. The van der Waals surface area contributed by atoms with E-state index in [0.717, 1.165) is 23.5 Å². The van der Waals surface area contributed by atoms with Crippen molar-refractivity contribution in [3.8, 4) is 11.5 Å². The highest BCUT2D eigenvalue weighted by Gasteiger charge is 2.28. The number of hydrazine groups is 1. The van der Waals surface area contributed by atoms with Gasteiger partial charge in [-0.3, -0.25) is 10.6 Å². The van der Waals surface area contributed by atoms with Gasteiger partial charge in [0.05, 0.1) is 18.6 Å². The van der Waals surface area contributed by atoms with Crippen molar-refractivity contribution < 1.29 is 9.84 Å². The zero-order valence-corrected chi connectivity index (χ0v) is 15.0. The topological polar surface area (TPSA) is 77.6 Å². The Morgan fingerprint density at radius 1 is 1.35 bits per heavy atom. The van der Waals surface area contributed by atoms with Crippen LogP contribution in [0.2, 0.25) is 0 Å². The van der Waals surface area contributed by atoms with E-state index in [2.05, 4.69) is 28.4 Å². The van der Waals surface area contributed by atoms with Crippen molar-refractivity contribution in [3.63, 3.8) is 0 Å². The average Bonchev–Trinajstić information content (AvgIpc) is 3.22. The summed E-state index contributed by atoms with van der Waals surface area (Å²) < 4.78 is 5.19. The van der Waals surface area contributed by atoms with Gasteiger partial charge in [-0.05, 0) is 24.1 Å². The largest absolute Gasteiger partial charge is 0.504 e. The summed E-state index contributed by atoms with van der Waals surface area (Å²) >= 11 is 3.78. The molecule has 2 fully saturated rings. The first-order valence-corrected chi connectivity index (χ1v) is 9.92. The van der Waals surface area contributed by atoms with Gasteiger partial charge in [0.15, 0.2) is 11.5 Å². The molecule has 1 aromatic carbocycles. The van der Waals surface area contributed by atoms with Crippen LogP contribution in [0.25, 0.3) is 0 Å². The summed E-state index contributed by atoms with van der Waals surface area (Å²) in [5, 5.41) is 17.1. The van der Waals surface area contributed by atoms with Crippen molar-refractivity contribution in [2.75, 3.05) is 18.6 Å². The molecule has 4 atom stereocenters. The number of hydrogen-bond donors (Lipinski definition) is 5. The van der Waals surface area contributed by atoms with Crippen LogP contribution in [-0.2, 0) is 0 Å². The van der Waals surface area contributed by atoms with Gasteiger partial charge in [-0.1, -0.05) is 13.0 Å². The maximum Gasteiger partial charge on any atom is 0.160 e. The minimum Gasteiger partial charge on any atom is -0.504 e. The molecule has 2 aliphatic rings. The maximum atomic E-state index is 9.70. The maximum absolute atomic E-state index is 9.70. The Balaban J connectivity index is 1.49. The molecule has 1 aromatic rings. The Hall–Kier alpha value is -0.640. The molecule has 0 amide bonds. The van der Waals surface area contributed by atoms with E-state index < -0.39 is 0 Å². The Bertz CT molecular complexity index is 534. The number of phenolic OH excluding ortho intramolecular Hbond substituents is 1. The number of rotatable bonds is 6. The average molecular weight is 357 g/mol. The van der Waals surface area contributed by atoms with Crippen LogP contribution in [0.15, 0.2) is 18.2 Å². The van der Waals surface area contributed by atoms with Gasteiger partial charge in [-0.2, -0.15) is 0 Å². The molecule has 5 N–H and O–H groups in total. The van der Waals surface area contributed by atoms with Gasteiger partial charge in [0.2, 0.25) is 0 Å². The second-order valence-corrected chi connectivity index (χ2v) is 7.91. The molecule has 0 bridgehead atoms. The Morgan fingerprint density at radius 3 is 2.96 bits per heavy atom. The van der Waals surface area contributed by atoms with Crippen molar-refractivity contribution in [2.45, 2.75) is 36.4 Å². The highest BCUT2D eigenvalue weighted by Crippen LogP contribution is 2.37. The Labute approximate surface area is 145 Å². The molecule has 2 saturated heterocycles. The minimum absolute atomic E-state index is 0.183. The molecular formula is C15H24N4O2S2. The SMILES string of the molecule is CCC1NNC(SCC2CSC(c3ccc(O)c(OC)c3)N2)N1. The lowest BCUT2D eigenvalue weighted by Crippen LogP contribution is -2.34. The van der Waals surface area contributed by atoms with Gasteiger partial charge in [-0.15, -0.1) is 23.5 Å². The molecule has 0 spiro atoms. The lowest BCUT2D eigenvalue weighted by atomic mass is 10.2. The predicted octanol–water partition coefficient (Wildman–Crippen LogP) is 1.55. The Morgan fingerprint density at radius 2 is 2.22 bits per heavy atom. The second kappa shape index (κ2) is 7.96. The number of nitrogens with one attached hydrogen (secondary N) is 4. The van der Waals surface area contributed by atoms with Gasteiger partial charge >= 0.3 is 0 Å². The summed E-state index contributed by atoms with van der Waals surface area (Å²) in [7, 11) is 1.58. The molecule has 0 radical (unpaired) electrons. The molecule has 0 aliphatic carbocycles. The van der Waals surface area contributed by atoms with E-state index in [9.17, 15) is 5.11 Å². The number of phenols is 1. The van der Waals surface area contributed by atoms with Gasteiger partial charge in [0, 0.05) is 17.5 Å². The first-order valence-electron chi connectivity index (χ1n) is 7.83. The van der Waals surface area contributed by atoms with Crippen molar-refractivity contribution in [1.82, 2.24) is 21.5 Å². The molecule has 8 heteroatoms. The third-order valence-electron chi connectivity index (χ3n) is 3.97. The number of hydrogen-bond acceptors (Lipinski definition) is 8. The number of aromatic hydroxyl groups is 1. The molecule has 23 heavy (non-hydrogen) atoms. The molecule has 0 saturated carbocycles. The van der Waals surface area contributed by atoms with Crippen molar-refractivity contribution >= 4 is 23.5 Å². The van der Waals surface area contributed by atoms with Crippen LogP contribution in [0.4, 0.5) is 0 Å². The molecule has 128 valence electrons. The van der Waals surface area contributed by atoms with Crippen LogP contribution >= 0.6 is 23.5 Å². The van der Waals surface area contributed by atoms with Crippen molar-refractivity contribution in [2.24, 2.45) is 0 Å². The molecule has 2 aliphatic heterocycles. The Kier molecular flexibility index (Phi) is 5.95. The number of benzene rings is 1. The van der Waals surface area contributed by atoms with E-state index in [1.54, 1.807) is 13.2 Å². The van der Waals surface area contributed by atoms with Crippen LogP contribution in [0.5, 0.6) is 11.5 Å². The molecule has 6 nitrogen and oxygen atoms in total. The summed E-state index contributed by atoms with van der Waals surface area (Å²) in [4.78, 5) is 0. The molecule has 2 heterocycles. The predicted molar refractivity (Wildman–Crippen MR) is 96.5 cm³/mol. The number of thioether (sulfide) groups is 2. The quantitative estimate of drug-likeness (QED) is 0.526. The number of ether oxygens (including phenoxy) is 1. The fourth-order valence-corrected chi connectivity index (χ4v) is 5.10. The highest BCUT2D eigenvalue weighted by atomic mass is 32.2. The monoisotopic (exact) mass is 356 g/mol. The standard InChI is InChI=1S/C15H24N4O2S2/c1-3-13-17-15(19-18-13)23-8-10-7-22-14(16-10)9-4-5-11(20)12(6-9)21-2/h4-6,10,13-20H,3,7-8H2,1-2H3. The van der Waals surface area contributed by atoms with Crippen LogP contribution in [-0.4, -0.2) is 41.4 Å². The third kappa shape index (κ3) is 4.26. The molecule has 0 aromatic heterocycles. The minimum atomic E-state index is 0.183. The first kappa shape index (κ1) is 17.2. The van der Waals surface area contributed by atoms with Crippen molar-refractivity contribution in [3.05, 3.63) is 23.8 Å². The summed E-state index contributed by atoms with van der Waals surface area (Å²) in [5.41, 5.74) is 7.91. The van der Waals surface area contributed by atoms with Crippen molar-refractivity contribution in [1.29, 1.82) is 0 Å². The second-order valence-electron chi connectivity index (χ2n) is 5.64. The normalized spacial score (nSPS) is 30.7. The summed E-state index contributed by atoms with van der Waals surface area (Å²) in [6.45, 7) is 2.16. The van der Waals surface area contributed by atoms with Crippen LogP contribution < -0.4 is 26.2 Å². The van der Waals surface area contributed by atoms with E-state index >= 15 is 0 Å². The summed E-state index contributed by atoms with van der Waals surface area (Å²) in [5.74, 6) is 2.83. The van der Waals surface area contributed by atoms with E-state index in [-0.39, 0.29) is 16.6 Å². The van der Waals surface area contributed by atoms with Gasteiger partial charge < -0.3 is 9.84 Å². The van der Waals surface area contributed by atoms with Crippen LogP contribution in [0, 0.1) is 0 Å². The summed E-state index contributed by atoms with van der Waals surface area (Å²) in [6, 6.07) is 6.03. The molecule has 4 unspecified atom stereocenters. The fourth-order valence-electron chi connectivity index (χ4n) is 2.63. The van der Waals surface area contributed by atoms with Gasteiger partial charge in [-0.25, -0.2) is 10.9 Å². The van der Waals surface area contributed by atoms with E-state index in [4.69, 9.17) is 4.74 Å². The zero-order valence-electron chi connectivity index (χ0n) is 13.3. The van der Waals surface area contributed by atoms with E-state index in [0.29, 0.717) is 18.0 Å². The highest BCUT2D eigenvalue weighted by molar-refractivity contribution is 8.00. The lowest BCUT2D eigenvalue weighted by molar-refractivity contribution is 0.372. The third-order valence-corrected chi connectivity index (χ3v) is 6.49. The molecule has 3 rings (SSSR count). The van der Waals surface area contributed by atoms with Crippen LogP contribution in [0.3, 0.4) is 0 Å². The van der Waals surface area contributed by atoms with Gasteiger partial charge in [0.1, 0.15) is 5.50 Å². The first-order chi connectivity index (χ1) is 11.2. The lowest BCUT2D eigenvalue weighted by Gasteiger charge is -2.16. The number of methoxy groups -OCH3 is 1. The van der Waals surface area contributed by atoms with E-state index in [1.807, 2.05) is 35.7 Å². The fraction of sp³-hybridized carbons (Fsp3) is 0.600. The summed E-state index contributed by atoms with van der Waals surface area (Å²) in [6.07, 6.45) is 1.42.